The van der Waals surface area contributed by atoms with E-state index in [0.717, 1.165) is 17.7 Å². The average Bonchev–Trinajstić information content (AvgIpc) is 2.62. The summed E-state index contributed by atoms with van der Waals surface area (Å²) >= 11 is 0. The number of anilines is 1. The summed E-state index contributed by atoms with van der Waals surface area (Å²) < 4.78 is 40.1. The second kappa shape index (κ2) is 7.00. The Balaban J connectivity index is 1.77. The number of sulfonamides is 1. The van der Waals surface area contributed by atoms with Gasteiger partial charge in [-0.3, -0.25) is 10.1 Å². The fourth-order valence-electron chi connectivity index (χ4n) is 2.94. The molecule has 1 aliphatic heterocycles. The third kappa shape index (κ3) is 3.54. The van der Waals surface area contributed by atoms with Gasteiger partial charge >= 0.3 is 0 Å². The van der Waals surface area contributed by atoms with Crippen LogP contribution in [0.15, 0.2) is 47.4 Å². The van der Waals surface area contributed by atoms with E-state index < -0.39 is 20.8 Å². The lowest BCUT2D eigenvalue weighted by Gasteiger charge is -2.35. The molecule has 2 aromatic carbocycles. The molecule has 26 heavy (non-hydrogen) atoms. The van der Waals surface area contributed by atoms with Gasteiger partial charge in [0.25, 0.3) is 5.69 Å². The second-order valence-corrected chi connectivity index (χ2v) is 8.03. The average molecular weight is 379 g/mol. The summed E-state index contributed by atoms with van der Waals surface area (Å²) in [6.45, 7) is 2.86. The van der Waals surface area contributed by atoms with Gasteiger partial charge in [-0.25, -0.2) is 12.8 Å². The molecule has 0 radical (unpaired) electrons. The number of nitrogens with zero attached hydrogens (tertiary/aromatic N) is 3. The Morgan fingerprint density at radius 1 is 1.04 bits per heavy atom. The molecule has 2 aromatic rings. The van der Waals surface area contributed by atoms with E-state index in [2.05, 4.69) is 0 Å². The largest absolute Gasteiger partial charge is 0.363 e. The SMILES string of the molecule is Cc1ccc(S(=O)(=O)N2CCN(c3ccc(F)cc3[N+](=O)[O-])CC2)cc1. The third-order valence-corrected chi connectivity index (χ3v) is 6.29. The first kappa shape index (κ1) is 18.3. The highest BCUT2D eigenvalue weighted by Crippen LogP contribution is 2.30. The Bertz CT molecular complexity index is 924. The Morgan fingerprint density at radius 2 is 1.65 bits per heavy atom. The van der Waals surface area contributed by atoms with Crippen LogP contribution < -0.4 is 4.90 Å². The maximum atomic E-state index is 13.3. The highest BCUT2D eigenvalue weighted by atomic mass is 32.2. The number of aryl methyl sites for hydroxylation is 1. The predicted octanol–water partition coefficient (Wildman–Crippen LogP) is 2.55. The molecule has 7 nitrogen and oxygen atoms in total. The van der Waals surface area contributed by atoms with Crippen LogP contribution in [0.4, 0.5) is 15.8 Å². The molecule has 1 fully saturated rings. The van der Waals surface area contributed by atoms with Crippen molar-refractivity contribution in [2.24, 2.45) is 0 Å². The minimum atomic E-state index is -3.60. The number of piperazine rings is 1. The zero-order valence-electron chi connectivity index (χ0n) is 14.1. The van der Waals surface area contributed by atoms with Crippen LogP contribution in [0.5, 0.6) is 0 Å². The van der Waals surface area contributed by atoms with Gasteiger partial charge in [0.05, 0.1) is 15.9 Å². The Morgan fingerprint density at radius 3 is 2.23 bits per heavy atom. The molecule has 0 N–H and O–H groups in total. The zero-order chi connectivity index (χ0) is 18.9. The first-order valence-corrected chi connectivity index (χ1v) is 9.49. The van der Waals surface area contributed by atoms with Gasteiger partial charge in [-0.15, -0.1) is 0 Å². The topological polar surface area (TPSA) is 83.8 Å². The second-order valence-electron chi connectivity index (χ2n) is 6.09. The molecule has 0 spiro atoms. The van der Waals surface area contributed by atoms with Gasteiger partial charge in [0.1, 0.15) is 11.5 Å². The quantitative estimate of drug-likeness (QED) is 0.602. The van der Waals surface area contributed by atoms with Crippen LogP contribution in [0.2, 0.25) is 0 Å². The van der Waals surface area contributed by atoms with Crippen molar-refractivity contribution in [3.63, 3.8) is 0 Å². The molecule has 0 aromatic heterocycles. The van der Waals surface area contributed by atoms with E-state index in [-0.39, 0.29) is 36.8 Å². The number of benzene rings is 2. The fraction of sp³-hybridized carbons (Fsp3) is 0.294. The van der Waals surface area contributed by atoms with Crippen LogP contribution in [-0.4, -0.2) is 43.8 Å². The normalized spacial score (nSPS) is 15.8. The highest BCUT2D eigenvalue weighted by molar-refractivity contribution is 7.89. The first-order chi connectivity index (χ1) is 12.3. The van der Waals surface area contributed by atoms with E-state index in [0.29, 0.717) is 5.69 Å². The van der Waals surface area contributed by atoms with Gasteiger partial charge in [0.2, 0.25) is 10.0 Å². The summed E-state index contributed by atoms with van der Waals surface area (Å²) in [7, 11) is -3.60. The van der Waals surface area contributed by atoms with Crippen LogP contribution in [-0.2, 0) is 10.0 Å². The van der Waals surface area contributed by atoms with E-state index in [1.54, 1.807) is 29.2 Å². The number of nitro benzene ring substituents is 1. The summed E-state index contributed by atoms with van der Waals surface area (Å²) in [6, 6.07) is 10.0. The van der Waals surface area contributed by atoms with Gasteiger partial charge in [0.15, 0.2) is 0 Å². The molecule has 1 heterocycles. The Kier molecular flexibility index (Phi) is 4.92. The molecule has 1 saturated heterocycles. The minimum absolute atomic E-state index is 0.199. The van der Waals surface area contributed by atoms with Crippen LogP contribution in [0.1, 0.15) is 5.56 Å². The van der Waals surface area contributed by atoms with Crippen molar-refractivity contribution >= 4 is 21.4 Å². The smallest absolute Gasteiger partial charge is 0.295 e. The highest BCUT2D eigenvalue weighted by Gasteiger charge is 2.30. The number of nitro groups is 1. The molecule has 0 saturated carbocycles. The molecule has 3 rings (SSSR count). The molecule has 1 aliphatic rings. The van der Waals surface area contributed by atoms with Crippen LogP contribution in [0.3, 0.4) is 0 Å². The molecule has 138 valence electrons. The minimum Gasteiger partial charge on any atom is -0.363 e. The van der Waals surface area contributed by atoms with Crippen molar-refractivity contribution in [3.8, 4) is 0 Å². The van der Waals surface area contributed by atoms with E-state index in [4.69, 9.17) is 0 Å². The molecule has 0 bridgehead atoms. The Labute approximate surface area is 150 Å². The van der Waals surface area contributed by atoms with E-state index in [1.165, 1.54) is 10.4 Å². The van der Waals surface area contributed by atoms with Crippen molar-refractivity contribution < 1.29 is 17.7 Å². The summed E-state index contributed by atoms with van der Waals surface area (Å²) in [4.78, 5) is 12.5. The molecule has 0 unspecified atom stereocenters. The first-order valence-electron chi connectivity index (χ1n) is 8.05. The molecule has 0 atom stereocenters. The lowest BCUT2D eigenvalue weighted by Crippen LogP contribution is -2.48. The van der Waals surface area contributed by atoms with Crippen LogP contribution in [0, 0.1) is 22.9 Å². The summed E-state index contributed by atoms with van der Waals surface area (Å²) in [5.41, 5.74) is 0.945. The van der Waals surface area contributed by atoms with Crippen LogP contribution >= 0.6 is 0 Å². The van der Waals surface area contributed by atoms with Crippen LogP contribution in [0.25, 0.3) is 0 Å². The number of hydrogen-bond acceptors (Lipinski definition) is 5. The third-order valence-electron chi connectivity index (χ3n) is 4.37. The molecule has 9 heteroatoms. The lowest BCUT2D eigenvalue weighted by molar-refractivity contribution is -0.384. The molecule has 0 amide bonds. The summed E-state index contributed by atoms with van der Waals surface area (Å²) in [5.74, 6) is -0.680. The molecule has 0 aliphatic carbocycles. The number of rotatable bonds is 4. The van der Waals surface area contributed by atoms with Crippen molar-refractivity contribution in [3.05, 3.63) is 64.0 Å². The van der Waals surface area contributed by atoms with Crippen molar-refractivity contribution in [2.75, 3.05) is 31.1 Å². The van der Waals surface area contributed by atoms with E-state index in [9.17, 15) is 22.9 Å². The van der Waals surface area contributed by atoms with Gasteiger partial charge in [-0.05, 0) is 31.2 Å². The summed E-state index contributed by atoms with van der Waals surface area (Å²) in [5, 5.41) is 11.2. The van der Waals surface area contributed by atoms with Gasteiger partial charge in [0, 0.05) is 26.2 Å². The van der Waals surface area contributed by atoms with Gasteiger partial charge in [-0.1, -0.05) is 17.7 Å². The molecular weight excluding hydrogens is 361 g/mol. The monoisotopic (exact) mass is 379 g/mol. The fourth-order valence-corrected chi connectivity index (χ4v) is 4.36. The summed E-state index contributed by atoms with van der Waals surface area (Å²) in [6.07, 6.45) is 0. The van der Waals surface area contributed by atoms with E-state index in [1.807, 2.05) is 6.92 Å². The van der Waals surface area contributed by atoms with Crippen molar-refractivity contribution in [1.29, 1.82) is 0 Å². The van der Waals surface area contributed by atoms with Crippen molar-refractivity contribution in [2.45, 2.75) is 11.8 Å². The lowest BCUT2D eigenvalue weighted by atomic mass is 10.2. The predicted molar refractivity (Wildman–Crippen MR) is 95.2 cm³/mol. The standard InChI is InChI=1S/C17H18FN3O4S/c1-13-2-5-15(6-3-13)26(24,25)20-10-8-19(9-11-20)16-7-4-14(18)12-17(16)21(22)23/h2-7,12H,8-11H2,1H3. The van der Waals surface area contributed by atoms with E-state index >= 15 is 0 Å². The van der Waals surface area contributed by atoms with Crippen molar-refractivity contribution in [1.82, 2.24) is 4.31 Å². The van der Waals surface area contributed by atoms with Gasteiger partial charge < -0.3 is 4.90 Å². The zero-order valence-corrected chi connectivity index (χ0v) is 14.9. The van der Waals surface area contributed by atoms with Gasteiger partial charge in [-0.2, -0.15) is 4.31 Å². The Hall–Kier alpha value is -2.52. The molecular formula is C17H18FN3O4S. The number of halogens is 1. The maximum Gasteiger partial charge on any atom is 0.295 e. The number of hydrogen-bond donors (Lipinski definition) is 0. The maximum absolute atomic E-state index is 13.3.